The molecule has 0 aromatic heterocycles. The lowest BCUT2D eigenvalue weighted by molar-refractivity contribution is -0.120. The second-order valence-corrected chi connectivity index (χ2v) is 4.88. The molecular formula is C15H22N2O2. The lowest BCUT2D eigenvalue weighted by Gasteiger charge is -2.22. The number of carbonyl (C=O) groups is 1. The second-order valence-electron chi connectivity index (χ2n) is 4.88. The monoisotopic (exact) mass is 262 g/mol. The van der Waals surface area contributed by atoms with Crippen molar-refractivity contribution in [3.8, 4) is 5.75 Å². The number of rotatable bonds is 5. The molecule has 1 unspecified atom stereocenters. The highest BCUT2D eigenvalue weighted by Crippen LogP contribution is 2.25. The predicted molar refractivity (Wildman–Crippen MR) is 76.5 cm³/mol. The van der Waals surface area contributed by atoms with Crippen LogP contribution in [0.5, 0.6) is 5.75 Å². The van der Waals surface area contributed by atoms with Gasteiger partial charge in [0, 0.05) is 6.54 Å². The zero-order valence-electron chi connectivity index (χ0n) is 11.4. The minimum atomic E-state index is 0.0629. The number of nitrogens with one attached hydrogen (secondary N) is 2. The highest BCUT2D eigenvalue weighted by molar-refractivity contribution is 5.94. The highest BCUT2D eigenvalue weighted by atomic mass is 16.5. The van der Waals surface area contributed by atoms with Crippen molar-refractivity contribution in [1.29, 1.82) is 0 Å². The predicted octanol–water partition coefficient (Wildman–Crippen LogP) is 2.41. The molecule has 104 valence electrons. The van der Waals surface area contributed by atoms with Gasteiger partial charge in [-0.25, -0.2) is 0 Å². The molecule has 1 fully saturated rings. The van der Waals surface area contributed by atoms with Crippen LogP contribution in [-0.4, -0.2) is 25.6 Å². The third-order valence-electron chi connectivity index (χ3n) is 3.27. The summed E-state index contributed by atoms with van der Waals surface area (Å²) < 4.78 is 5.64. The Kier molecular flexibility index (Phi) is 5.21. The van der Waals surface area contributed by atoms with E-state index < -0.39 is 0 Å². The Bertz CT molecular complexity index is 414. The van der Waals surface area contributed by atoms with E-state index >= 15 is 0 Å². The molecule has 0 spiro atoms. The molecule has 1 aromatic rings. The van der Waals surface area contributed by atoms with Gasteiger partial charge in [0.05, 0.1) is 18.2 Å². The minimum absolute atomic E-state index is 0.0629. The fourth-order valence-corrected chi connectivity index (χ4v) is 2.22. The average molecular weight is 262 g/mol. The van der Waals surface area contributed by atoms with Gasteiger partial charge in [0.25, 0.3) is 0 Å². The van der Waals surface area contributed by atoms with E-state index in [9.17, 15) is 4.79 Å². The molecular weight excluding hydrogens is 240 g/mol. The fourth-order valence-electron chi connectivity index (χ4n) is 2.22. The zero-order chi connectivity index (χ0) is 13.5. The van der Waals surface area contributed by atoms with Crippen LogP contribution < -0.4 is 15.4 Å². The van der Waals surface area contributed by atoms with Crippen molar-refractivity contribution < 1.29 is 9.53 Å². The first-order valence-electron chi connectivity index (χ1n) is 7.04. The summed E-state index contributed by atoms with van der Waals surface area (Å²) in [6.07, 6.45) is 2.97. The summed E-state index contributed by atoms with van der Waals surface area (Å²) in [6.45, 7) is 4.51. The van der Waals surface area contributed by atoms with Gasteiger partial charge in [-0.1, -0.05) is 19.1 Å². The molecule has 1 aliphatic heterocycles. The number of amides is 1. The van der Waals surface area contributed by atoms with Crippen molar-refractivity contribution in [3.63, 3.8) is 0 Å². The number of ether oxygens (including phenoxy) is 1. The van der Waals surface area contributed by atoms with E-state index in [1.165, 1.54) is 0 Å². The number of hydrogen-bond donors (Lipinski definition) is 2. The fraction of sp³-hybridized carbons (Fsp3) is 0.533. The second kappa shape index (κ2) is 7.14. The first-order valence-corrected chi connectivity index (χ1v) is 7.04. The number of para-hydroxylation sites is 2. The Balaban J connectivity index is 1.99. The number of anilines is 1. The quantitative estimate of drug-likeness (QED) is 0.856. The van der Waals surface area contributed by atoms with Crippen LogP contribution in [-0.2, 0) is 4.79 Å². The van der Waals surface area contributed by atoms with Gasteiger partial charge in [-0.3, -0.25) is 4.79 Å². The first kappa shape index (κ1) is 13.9. The molecule has 2 N–H and O–H groups in total. The van der Waals surface area contributed by atoms with E-state index in [2.05, 4.69) is 17.6 Å². The van der Waals surface area contributed by atoms with Crippen LogP contribution in [0.4, 0.5) is 5.69 Å². The number of piperidine rings is 1. The van der Waals surface area contributed by atoms with Crippen molar-refractivity contribution in [2.45, 2.75) is 26.2 Å². The summed E-state index contributed by atoms with van der Waals surface area (Å²) in [5.41, 5.74) is 0.770. The molecule has 1 aromatic carbocycles. The van der Waals surface area contributed by atoms with Gasteiger partial charge in [-0.05, 0) is 37.9 Å². The van der Waals surface area contributed by atoms with E-state index in [-0.39, 0.29) is 11.8 Å². The van der Waals surface area contributed by atoms with Gasteiger partial charge in [0.15, 0.2) is 0 Å². The molecule has 0 aliphatic carbocycles. The largest absolute Gasteiger partial charge is 0.491 e. The standard InChI is InChI=1S/C15H22N2O2/c1-2-10-19-14-8-4-3-7-13(14)17-15(18)12-6-5-9-16-11-12/h3-4,7-8,12,16H,2,5-6,9-11H2,1H3,(H,17,18). The van der Waals surface area contributed by atoms with E-state index in [0.717, 1.165) is 43.8 Å². The van der Waals surface area contributed by atoms with Gasteiger partial charge in [0.2, 0.25) is 5.91 Å². The van der Waals surface area contributed by atoms with Crippen LogP contribution >= 0.6 is 0 Å². The Morgan fingerprint density at radius 2 is 2.32 bits per heavy atom. The lowest BCUT2D eigenvalue weighted by atomic mass is 9.99. The maximum Gasteiger partial charge on any atom is 0.228 e. The summed E-state index contributed by atoms with van der Waals surface area (Å²) in [6, 6.07) is 7.61. The van der Waals surface area contributed by atoms with E-state index in [4.69, 9.17) is 4.74 Å². The molecule has 1 saturated heterocycles. The van der Waals surface area contributed by atoms with Crippen molar-refractivity contribution >= 4 is 11.6 Å². The minimum Gasteiger partial charge on any atom is -0.491 e. The Hall–Kier alpha value is -1.55. The van der Waals surface area contributed by atoms with Gasteiger partial charge < -0.3 is 15.4 Å². The van der Waals surface area contributed by atoms with Crippen molar-refractivity contribution in [2.75, 3.05) is 25.0 Å². The molecule has 1 atom stereocenters. The Labute approximate surface area is 114 Å². The molecule has 19 heavy (non-hydrogen) atoms. The van der Waals surface area contributed by atoms with Crippen molar-refractivity contribution in [3.05, 3.63) is 24.3 Å². The molecule has 4 heteroatoms. The maximum atomic E-state index is 12.2. The van der Waals surface area contributed by atoms with Crippen LogP contribution in [0.15, 0.2) is 24.3 Å². The third kappa shape index (κ3) is 3.96. The van der Waals surface area contributed by atoms with Crippen LogP contribution in [0.3, 0.4) is 0 Å². The maximum absolute atomic E-state index is 12.2. The zero-order valence-corrected chi connectivity index (χ0v) is 11.4. The molecule has 0 bridgehead atoms. The summed E-state index contributed by atoms with van der Waals surface area (Å²) in [7, 11) is 0. The van der Waals surface area contributed by atoms with Crippen molar-refractivity contribution in [1.82, 2.24) is 5.32 Å². The summed E-state index contributed by atoms with van der Waals surface area (Å²) in [5, 5.41) is 6.24. The van der Waals surface area contributed by atoms with Crippen molar-refractivity contribution in [2.24, 2.45) is 5.92 Å². The molecule has 0 radical (unpaired) electrons. The molecule has 1 amide bonds. The number of benzene rings is 1. The normalized spacial score (nSPS) is 18.9. The SMILES string of the molecule is CCCOc1ccccc1NC(=O)C1CCCNC1. The van der Waals surface area contributed by atoms with Crippen LogP contribution in [0.25, 0.3) is 0 Å². The third-order valence-corrected chi connectivity index (χ3v) is 3.27. The van der Waals surface area contributed by atoms with E-state index in [1.54, 1.807) is 0 Å². The van der Waals surface area contributed by atoms with E-state index in [0.29, 0.717) is 6.61 Å². The smallest absolute Gasteiger partial charge is 0.228 e. The molecule has 0 saturated carbocycles. The molecule has 4 nitrogen and oxygen atoms in total. The topological polar surface area (TPSA) is 50.4 Å². The van der Waals surface area contributed by atoms with Gasteiger partial charge in [0.1, 0.15) is 5.75 Å². The Morgan fingerprint density at radius 1 is 1.47 bits per heavy atom. The molecule has 1 heterocycles. The molecule has 2 rings (SSSR count). The van der Waals surface area contributed by atoms with Crippen LogP contribution in [0.1, 0.15) is 26.2 Å². The number of carbonyl (C=O) groups excluding carboxylic acids is 1. The lowest BCUT2D eigenvalue weighted by Crippen LogP contribution is -2.37. The van der Waals surface area contributed by atoms with Gasteiger partial charge in [-0.15, -0.1) is 0 Å². The van der Waals surface area contributed by atoms with Crippen LogP contribution in [0.2, 0.25) is 0 Å². The van der Waals surface area contributed by atoms with Gasteiger partial charge >= 0.3 is 0 Å². The van der Waals surface area contributed by atoms with E-state index in [1.807, 2.05) is 24.3 Å². The van der Waals surface area contributed by atoms with Gasteiger partial charge in [-0.2, -0.15) is 0 Å². The summed E-state index contributed by atoms with van der Waals surface area (Å²) in [5.74, 6) is 0.897. The van der Waals surface area contributed by atoms with Crippen LogP contribution in [0, 0.1) is 5.92 Å². The summed E-state index contributed by atoms with van der Waals surface area (Å²) >= 11 is 0. The molecule has 1 aliphatic rings. The average Bonchev–Trinajstić information content (AvgIpc) is 2.47. The highest BCUT2D eigenvalue weighted by Gasteiger charge is 2.21. The number of hydrogen-bond acceptors (Lipinski definition) is 3. The first-order chi connectivity index (χ1) is 9.31. The Morgan fingerprint density at radius 3 is 3.05 bits per heavy atom. The summed E-state index contributed by atoms with van der Waals surface area (Å²) in [4.78, 5) is 12.2.